The normalized spacial score (nSPS) is 10.7. The van der Waals surface area contributed by atoms with Crippen molar-refractivity contribution in [2.45, 2.75) is 6.54 Å². The van der Waals surface area contributed by atoms with Crippen LogP contribution in [0.5, 0.6) is 5.75 Å². The van der Waals surface area contributed by atoms with Gasteiger partial charge in [0.2, 0.25) is 0 Å². The van der Waals surface area contributed by atoms with Crippen molar-refractivity contribution >= 4 is 22.9 Å². The first-order valence-electron chi connectivity index (χ1n) is 6.80. The van der Waals surface area contributed by atoms with E-state index in [2.05, 4.69) is 6.07 Å². The molecule has 3 aromatic rings. The molecule has 0 bridgehead atoms. The maximum absolute atomic E-state index is 6.18. The van der Waals surface area contributed by atoms with Gasteiger partial charge in [-0.1, -0.05) is 29.8 Å². The van der Waals surface area contributed by atoms with Gasteiger partial charge in [-0.2, -0.15) is 0 Å². The van der Waals surface area contributed by atoms with E-state index in [1.54, 1.807) is 18.4 Å². The van der Waals surface area contributed by atoms with Crippen molar-refractivity contribution in [2.75, 3.05) is 7.11 Å². The zero-order valence-electron chi connectivity index (χ0n) is 12.0. The molecule has 0 spiro atoms. The van der Waals surface area contributed by atoms with Crippen molar-refractivity contribution < 1.29 is 4.74 Å². The first-order chi connectivity index (χ1) is 10.7. The van der Waals surface area contributed by atoms with Gasteiger partial charge in [-0.05, 0) is 29.8 Å². The molecule has 2 aromatic carbocycles. The highest BCUT2D eigenvalue weighted by Gasteiger charge is 2.09. The van der Waals surface area contributed by atoms with Gasteiger partial charge >= 0.3 is 0 Å². The molecule has 0 saturated heterocycles. The summed E-state index contributed by atoms with van der Waals surface area (Å²) in [4.78, 5) is 4.70. The number of rotatable bonds is 4. The molecule has 0 fully saturated rings. The number of nitrogens with zero attached hydrogens (tertiary/aromatic N) is 1. The highest BCUT2D eigenvalue weighted by molar-refractivity contribution is 7.13. The smallest absolute Gasteiger partial charge is 0.137 e. The number of aromatic nitrogens is 1. The Hall–Kier alpha value is -1.88. The van der Waals surface area contributed by atoms with Crippen LogP contribution in [-0.4, -0.2) is 12.1 Å². The Morgan fingerprint density at radius 2 is 2.05 bits per heavy atom. The number of hydrogen-bond acceptors (Lipinski definition) is 4. The van der Waals surface area contributed by atoms with Gasteiger partial charge in [0.05, 0.1) is 17.8 Å². The SMILES string of the molecule is COc1ccc(-c2csc(-c3cccc(CN)c3)n2)cc1Cl. The Balaban J connectivity index is 1.94. The molecular weight excluding hydrogens is 316 g/mol. The molecule has 0 unspecified atom stereocenters. The summed E-state index contributed by atoms with van der Waals surface area (Å²) in [6.45, 7) is 0.528. The highest BCUT2D eigenvalue weighted by atomic mass is 35.5. The van der Waals surface area contributed by atoms with Crippen LogP contribution in [0.15, 0.2) is 47.8 Å². The van der Waals surface area contributed by atoms with Crippen LogP contribution in [0.4, 0.5) is 0 Å². The number of benzene rings is 2. The van der Waals surface area contributed by atoms with Crippen molar-refractivity contribution in [3.05, 3.63) is 58.4 Å². The van der Waals surface area contributed by atoms with Crippen LogP contribution < -0.4 is 10.5 Å². The third-order valence-corrected chi connectivity index (χ3v) is 4.55. The van der Waals surface area contributed by atoms with Crippen LogP contribution in [0.25, 0.3) is 21.8 Å². The second-order valence-corrected chi connectivity index (χ2v) is 6.06. The first-order valence-corrected chi connectivity index (χ1v) is 8.06. The molecule has 0 saturated carbocycles. The monoisotopic (exact) mass is 330 g/mol. The summed E-state index contributed by atoms with van der Waals surface area (Å²) in [6.07, 6.45) is 0. The molecule has 0 aliphatic heterocycles. The van der Waals surface area contributed by atoms with Crippen LogP contribution in [0.2, 0.25) is 5.02 Å². The molecule has 0 aliphatic carbocycles. The second-order valence-electron chi connectivity index (χ2n) is 4.79. The van der Waals surface area contributed by atoms with Gasteiger partial charge in [-0.3, -0.25) is 0 Å². The number of hydrogen-bond donors (Lipinski definition) is 1. The topological polar surface area (TPSA) is 48.1 Å². The van der Waals surface area contributed by atoms with E-state index >= 15 is 0 Å². The quantitative estimate of drug-likeness (QED) is 0.760. The van der Waals surface area contributed by atoms with Crippen LogP contribution >= 0.6 is 22.9 Å². The van der Waals surface area contributed by atoms with Crippen LogP contribution in [0.1, 0.15) is 5.56 Å². The van der Waals surface area contributed by atoms with Crippen molar-refractivity contribution in [1.82, 2.24) is 4.98 Å². The Kier molecular flexibility index (Phi) is 4.43. The molecule has 0 radical (unpaired) electrons. The summed E-state index contributed by atoms with van der Waals surface area (Å²) in [5.74, 6) is 0.663. The van der Waals surface area contributed by atoms with Gasteiger partial charge in [0.1, 0.15) is 10.8 Å². The van der Waals surface area contributed by atoms with E-state index in [0.717, 1.165) is 27.4 Å². The van der Waals surface area contributed by atoms with Crippen LogP contribution in [0, 0.1) is 0 Å². The molecule has 0 atom stereocenters. The lowest BCUT2D eigenvalue weighted by molar-refractivity contribution is 0.415. The maximum atomic E-state index is 6.18. The fourth-order valence-corrected chi connectivity index (χ4v) is 3.28. The summed E-state index contributed by atoms with van der Waals surface area (Å²) in [7, 11) is 1.60. The van der Waals surface area contributed by atoms with Crippen molar-refractivity contribution in [1.29, 1.82) is 0 Å². The van der Waals surface area contributed by atoms with Gasteiger partial charge in [0, 0.05) is 23.1 Å². The fourth-order valence-electron chi connectivity index (χ4n) is 2.20. The predicted octanol–water partition coefficient (Wildman–Crippen LogP) is 4.60. The fraction of sp³-hybridized carbons (Fsp3) is 0.118. The van der Waals surface area contributed by atoms with Crippen LogP contribution in [0.3, 0.4) is 0 Å². The number of halogens is 1. The largest absolute Gasteiger partial charge is 0.495 e. The molecule has 1 aromatic heterocycles. The number of methoxy groups -OCH3 is 1. The number of nitrogens with two attached hydrogens (primary N) is 1. The Morgan fingerprint density at radius 1 is 1.18 bits per heavy atom. The van der Waals surface area contributed by atoms with Gasteiger partial charge in [-0.15, -0.1) is 11.3 Å². The molecule has 3 rings (SSSR count). The molecule has 22 heavy (non-hydrogen) atoms. The number of ether oxygens (including phenoxy) is 1. The van der Waals surface area contributed by atoms with Crippen LogP contribution in [-0.2, 0) is 6.54 Å². The third kappa shape index (κ3) is 2.99. The summed E-state index contributed by atoms with van der Waals surface area (Å²) < 4.78 is 5.17. The van der Waals surface area contributed by atoms with Gasteiger partial charge in [0.15, 0.2) is 0 Å². The molecule has 3 nitrogen and oxygen atoms in total. The lowest BCUT2D eigenvalue weighted by Gasteiger charge is -2.04. The van der Waals surface area contributed by atoms with Gasteiger partial charge in [-0.25, -0.2) is 4.98 Å². The summed E-state index contributed by atoms with van der Waals surface area (Å²) in [6, 6.07) is 13.8. The number of thiazole rings is 1. The molecule has 112 valence electrons. The second kappa shape index (κ2) is 6.48. The summed E-state index contributed by atoms with van der Waals surface area (Å²) in [5, 5.41) is 3.58. The van der Waals surface area contributed by atoms with E-state index in [4.69, 9.17) is 27.1 Å². The third-order valence-electron chi connectivity index (χ3n) is 3.36. The van der Waals surface area contributed by atoms with Gasteiger partial charge in [0.25, 0.3) is 0 Å². The van der Waals surface area contributed by atoms with E-state index in [-0.39, 0.29) is 0 Å². The Morgan fingerprint density at radius 3 is 2.77 bits per heavy atom. The zero-order chi connectivity index (χ0) is 15.5. The van der Waals surface area contributed by atoms with E-state index in [1.807, 2.05) is 41.8 Å². The van der Waals surface area contributed by atoms with Gasteiger partial charge < -0.3 is 10.5 Å². The molecule has 5 heteroatoms. The minimum Gasteiger partial charge on any atom is -0.495 e. The molecule has 0 amide bonds. The molecule has 2 N–H and O–H groups in total. The lowest BCUT2D eigenvalue weighted by atomic mass is 10.1. The first kappa shape index (κ1) is 15.0. The molecule has 0 aliphatic rings. The van der Waals surface area contributed by atoms with E-state index in [0.29, 0.717) is 17.3 Å². The highest BCUT2D eigenvalue weighted by Crippen LogP contribution is 2.33. The zero-order valence-corrected chi connectivity index (χ0v) is 13.6. The Labute approximate surface area is 138 Å². The van der Waals surface area contributed by atoms with Crippen molar-refractivity contribution in [2.24, 2.45) is 5.73 Å². The molecular formula is C17H15ClN2OS. The minimum atomic E-state index is 0.528. The van der Waals surface area contributed by atoms with Crippen molar-refractivity contribution in [3.8, 4) is 27.6 Å². The maximum Gasteiger partial charge on any atom is 0.137 e. The molecule has 1 heterocycles. The lowest BCUT2D eigenvalue weighted by Crippen LogP contribution is -1.95. The Bertz CT molecular complexity index is 801. The van der Waals surface area contributed by atoms with E-state index in [1.165, 1.54) is 0 Å². The van der Waals surface area contributed by atoms with E-state index in [9.17, 15) is 0 Å². The minimum absolute atomic E-state index is 0.528. The van der Waals surface area contributed by atoms with E-state index < -0.39 is 0 Å². The predicted molar refractivity (Wildman–Crippen MR) is 92.4 cm³/mol. The van der Waals surface area contributed by atoms with Crippen molar-refractivity contribution in [3.63, 3.8) is 0 Å². The standard InChI is InChI=1S/C17H15ClN2OS/c1-21-16-6-5-12(8-14(16)18)15-10-22-17(20-15)13-4-2-3-11(7-13)9-19/h2-8,10H,9,19H2,1H3. The summed E-state index contributed by atoms with van der Waals surface area (Å²) >= 11 is 7.79. The average Bonchev–Trinajstić information content (AvgIpc) is 3.05. The summed E-state index contributed by atoms with van der Waals surface area (Å²) in [5.41, 5.74) is 9.76. The average molecular weight is 331 g/mol.